The molecule has 3 amide bonds. The van der Waals surface area contributed by atoms with Crippen LogP contribution >= 0.6 is 11.8 Å². The van der Waals surface area contributed by atoms with Gasteiger partial charge in [-0.05, 0) is 80.5 Å². The van der Waals surface area contributed by atoms with Crippen LogP contribution in [0.4, 0.5) is 11.4 Å². The van der Waals surface area contributed by atoms with Gasteiger partial charge in [0.05, 0.1) is 35.6 Å². The van der Waals surface area contributed by atoms with E-state index in [9.17, 15) is 29.4 Å². The Bertz CT molecular complexity index is 2310. The normalized spacial score (nSPS) is 10.9. The van der Waals surface area contributed by atoms with Crippen LogP contribution in [0.1, 0.15) is 74.0 Å². The topological polar surface area (TPSA) is 184 Å². The van der Waals surface area contributed by atoms with E-state index >= 15 is 0 Å². The van der Waals surface area contributed by atoms with Gasteiger partial charge in [0.15, 0.2) is 0 Å². The molecule has 0 aromatic heterocycles. The number of rotatable bonds is 18. The molecule has 0 aliphatic carbocycles. The number of phenolic OH excluding ortho intramolecular Hbond substituents is 2. The molecule has 0 heterocycles. The highest BCUT2D eigenvalue weighted by Gasteiger charge is 2.18. The Morgan fingerprint density at radius 3 is 1.97 bits per heavy atom. The van der Waals surface area contributed by atoms with Gasteiger partial charge in [0.25, 0.3) is 5.91 Å². The fraction of sp³-hybridized carbons (Fsp3) is 0.362. The summed E-state index contributed by atoms with van der Waals surface area (Å²) in [6.45, 7) is 15.0. The van der Waals surface area contributed by atoms with E-state index in [1.54, 1.807) is 61.5 Å². The van der Waals surface area contributed by atoms with Crippen LogP contribution in [0.3, 0.4) is 0 Å². The van der Waals surface area contributed by atoms with Gasteiger partial charge in [-0.25, -0.2) is 0 Å². The number of anilines is 2. The lowest BCUT2D eigenvalue weighted by Crippen LogP contribution is -2.25. The average molecular weight is 840 g/mol. The van der Waals surface area contributed by atoms with E-state index in [1.807, 2.05) is 53.7 Å². The summed E-state index contributed by atoms with van der Waals surface area (Å²) in [6.07, 6.45) is 1.45. The maximum absolute atomic E-state index is 12.6. The van der Waals surface area contributed by atoms with Crippen molar-refractivity contribution in [3.05, 3.63) is 95.1 Å². The van der Waals surface area contributed by atoms with E-state index in [4.69, 9.17) is 14.6 Å². The monoisotopic (exact) mass is 839 g/mol. The molecule has 0 aliphatic rings. The third-order valence-electron chi connectivity index (χ3n) is 9.21. The molecule has 12 nitrogen and oxygen atoms in total. The predicted molar refractivity (Wildman–Crippen MR) is 241 cm³/mol. The van der Waals surface area contributed by atoms with Gasteiger partial charge in [-0.3, -0.25) is 19.2 Å². The zero-order valence-electron chi connectivity index (χ0n) is 35.4. The smallest absolute Gasteiger partial charge is 0.313 e. The summed E-state index contributed by atoms with van der Waals surface area (Å²) < 4.78 is 11.7. The number of hydrogen-bond donors (Lipinski definition) is 6. The second-order valence-corrected chi connectivity index (χ2v) is 16.5. The Morgan fingerprint density at radius 1 is 0.683 bits per heavy atom. The Kier molecular flexibility index (Phi) is 17.5. The standard InChI is InChI=1S/C27H32N2O4.C20H25NO5S/c1-17(2)15-25(30)29-23-8-5-7-21-20(23)10-11-22(26(21)31)27(32)28-13-6-14-33-24-12-9-18(3)16-19(24)4;1-12(2)9-17(22)21-15-6-4-5-14-19(15)16(10-13(3)20(14)25)26-7-8-27-11-18(23)24/h5,7-12,16-17,31H,6,13-15H2,1-4H3,(H,28,32)(H,29,30);4-6,10,12,25H,7-9,11H2,1-3H3,(H,21,22)(H,23,24). The number of carboxylic acids is 1. The van der Waals surface area contributed by atoms with E-state index in [2.05, 4.69) is 22.0 Å². The van der Waals surface area contributed by atoms with Gasteiger partial charge in [0.2, 0.25) is 11.8 Å². The van der Waals surface area contributed by atoms with Crippen molar-refractivity contribution >= 4 is 68.4 Å². The summed E-state index contributed by atoms with van der Waals surface area (Å²) >= 11 is 1.27. The molecule has 60 heavy (non-hydrogen) atoms. The summed E-state index contributed by atoms with van der Waals surface area (Å²) in [7, 11) is 0. The highest BCUT2D eigenvalue weighted by molar-refractivity contribution is 7.99. The number of nitrogens with one attached hydrogen (secondary N) is 3. The highest BCUT2D eigenvalue weighted by atomic mass is 32.2. The zero-order chi connectivity index (χ0) is 43.9. The van der Waals surface area contributed by atoms with Crippen molar-refractivity contribution < 1.29 is 44.0 Å². The Hall–Kier alpha value is -5.95. The molecule has 0 saturated carbocycles. The molecule has 0 radical (unpaired) electrons. The van der Waals surface area contributed by atoms with Crippen molar-refractivity contribution in [2.75, 3.05) is 41.9 Å². The van der Waals surface area contributed by atoms with Crippen LogP contribution in [0.25, 0.3) is 21.5 Å². The molecular formula is C47H57N3O9S. The summed E-state index contributed by atoms with van der Waals surface area (Å²) in [6, 6.07) is 21.7. The molecule has 0 spiro atoms. The molecule has 0 unspecified atom stereocenters. The number of carbonyl (C=O) groups is 4. The van der Waals surface area contributed by atoms with Crippen LogP contribution in [0.15, 0.2) is 72.8 Å². The van der Waals surface area contributed by atoms with Crippen molar-refractivity contribution in [1.29, 1.82) is 0 Å². The lowest BCUT2D eigenvalue weighted by molar-refractivity contribution is -0.134. The number of aromatic hydroxyl groups is 2. The Balaban J connectivity index is 0.000000270. The second-order valence-electron chi connectivity index (χ2n) is 15.4. The van der Waals surface area contributed by atoms with Crippen molar-refractivity contribution in [1.82, 2.24) is 5.32 Å². The van der Waals surface area contributed by atoms with Gasteiger partial charge < -0.3 is 40.7 Å². The lowest BCUT2D eigenvalue weighted by Gasteiger charge is -2.16. The number of aryl methyl sites for hydroxylation is 3. The molecule has 5 rings (SSSR count). The van der Waals surface area contributed by atoms with Crippen molar-refractivity contribution in [2.24, 2.45) is 11.8 Å². The van der Waals surface area contributed by atoms with Gasteiger partial charge in [0, 0.05) is 47.0 Å². The van der Waals surface area contributed by atoms with E-state index in [1.165, 1.54) is 17.3 Å². The maximum Gasteiger partial charge on any atom is 0.313 e. The van der Waals surface area contributed by atoms with Gasteiger partial charge in [-0.2, -0.15) is 0 Å². The average Bonchev–Trinajstić information content (AvgIpc) is 3.17. The summed E-state index contributed by atoms with van der Waals surface area (Å²) in [4.78, 5) is 47.6. The third kappa shape index (κ3) is 13.6. The molecule has 0 saturated heterocycles. The van der Waals surface area contributed by atoms with E-state index < -0.39 is 5.97 Å². The minimum Gasteiger partial charge on any atom is -0.507 e. The molecule has 5 aromatic rings. The van der Waals surface area contributed by atoms with Gasteiger partial charge in [-0.1, -0.05) is 75.7 Å². The van der Waals surface area contributed by atoms with Crippen molar-refractivity contribution in [2.45, 2.75) is 67.7 Å². The molecule has 320 valence electrons. The van der Waals surface area contributed by atoms with Crippen LogP contribution < -0.4 is 25.4 Å². The number of amides is 3. The Morgan fingerprint density at radius 2 is 1.32 bits per heavy atom. The number of benzene rings is 5. The predicted octanol–water partition coefficient (Wildman–Crippen LogP) is 9.38. The lowest BCUT2D eigenvalue weighted by atomic mass is 10.0. The third-order valence-corrected chi connectivity index (χ3v) is 10.1. The summed E-state index contributed by atoms with van der Waals surface area (Å²) in [5, 5.41) is 40.9. The second kappa shape index (κ2) is 22.4. The maximum atomic E-state index is 12.6. The van der Waals surface area contributed by atoms with Crippen LogP contribution in [-0.2, 0) is 14.4 Å². The fourth-order valence-corrected chi connectivity index (χ4v) is 6.96. The first-order chi connectivity index (χ1) is 28.5. The van der Waals surface area contributed by atoms with Gasteiger partial charge in [-0.15, -0.1) is 11.8 Å². The minimum absolute atomic E-state index is 0.0230. The van der Waals surface area contributed by atoms with Gasteiger partial charge >= 0.3 is 5.97 Å². The molecular weight excluding hydrogens is 783 g/mol. The highest BCUT2D eigenvalue weighted by Crippen LogP contribution is 2.40. The Labute approximate surface area is 356 Å². The zero-order valence-corrected chi connectivity index (χ0v) is 36.3. The number of aliphatic carboxylic acids is 1. The van der Waals surface area contributed by atoms with Crippen LogP contribution in [0.5, 0.6) is 23.0 Å². The van der Waals surface area contributed by atoms with Crippen molar-refractivity contribution in [3.8, 4) is 23.0 Å². The number of hydrogen-bond acceptors (Lipinski definition) is 9. The number of fused-ring (bicyclic) bond motifs is 2. The fourth-order valence-electron chi connectivity index (χ4n) is 6.44. The molecule has 0 fully saturated rings. The molecule has 5 aromatic carbocycles. The largest absolute Gasteiger partial charge is 0.507 e. The van der Waals surface area contributed by atoms with Crippen LogP contribution in [0, 0.1) is 32.6 Å². The van der Waals surface area contributed by atoms with E-state index in [0.29, 0.717) is 89.0 Å². The van der Waals surface area contributed by atoms with E-state index in [-0.39, 0.29) is 52.4 Å². The number of carbonyl (C=O) groups excluding carboxylic acids is 3. The van der Waals surface area contributed by atoms with Crippen molar-refractivity contribution in [3.63, 3.8) is 0 Å². The first-order valence-corrected chi connectivity index (χ1v) is 21.2. The number of phenols is 2. The first-order valence-electron chi connectivity index (χ1n) is 20.1. The van der Waals surface area contributed by atoms with Gasteiger partial charge in [0.1, 0.15) is 23.0 Å². The number of thioether (sulfide) groups is 1. The molecule has 6 N–H and O–H groups in total. The first kappa shape index (κ1) is 46.7. The van der Waals surface area contributed by atoms with Crippen LogP contribution in [-0.4, -0.2) is 70.3 Å². The molecule has 0 aliphatic heterocycles. The number of ether oxygens (including phenoxy) is 2. The molecule has 0 bridgehead atoms. The molecule has 0 atom stereocenters. The minimum atomic E-state index is -0.860. The summed E-state index contributed by atoms with van der Waals surface area (Å²) in [5.41, 5.74) is 4.34. The SMILES string of the molecule is Cc1cc(OCCSCC(=O)O)c2c(NC(=O)CC(C)C)cccc2c1O.Cc1ccc(OCCCNC(=O)c2ccc3c(NC(=O)CC(C)C)cccc3c2O)c(C)c1. The quantitative estimate of drug-likeness (QED) is 0.0465. The number of carboxylic acid groups (broad SMARTS) is 1. The summed E-state index contributed by atoms with van der Waals surface area (Å²) in [5.74, 6) is 1.08. The van der Waals surface area contributed by atoms with E-state index in [0.717, 1.165) is 11.3 Å². The molecule has 13 heteroatoms. The van der Waals surface area contributed by atoms with Crippen LogP contribution in [0.2, 0.25) is 0 Å².